The molecule has 2 fully saturated rings. The van der Waals surface area contributed by atoms with Crippen LogP contribution >= 0.6 is 0 Å². The van der Waals surface area contributed by atoms with Crippen molar-refractivity contribution in [3.63, 3.8) is 0 Å². The molecule has 1 N–H and O–H groups in total. The first-order valence-electron chi connectivity index (χ1n) is 9.69. The van der Waals surface area contributed by atoms with Gasteiger partial charge >= 0.3 is 0 Å². The molecule has 2 atom stereocenters. The minimum atomic E-state index is 0.0223. The number of nitrogens with one attached hydrogen (secondary N) is 1. The highest BCUT2D eigenvalue weighted by atomic mass is 16.5. The van der Waals surface area contributed by atoms with E-state index in [1.807, 2.05) is 4.57 Å². The second-order valence-corrected chi connectivity index (χ2v) is 7.78. The summed E-state index contributed by atoms with van der Waals surface area (Å²) in [6.07, 6.45) is 8.30. The van der Waals surface area contributed by atoms with Gasteiger partial charge in [0.2, 0.25) is 5.91 Å². The summed E-state index contributed by atoms with van der Waals surface area (Å²) in [7, 11) is 0. The van der Waals surface area contributed by atoms with Gasteiger partial charge in [0.05, 0.1) is 19.1 Å². The first kappa shape index (κ1) is 17.0. The van der Waals surface area contributed by atoms with E-state index in [0.29, 0.717) is 6.54 Å². The van der Waals surface area contributed by atoms with E-state index in [1.165, 1.54) is 25.7 Å². The molecule has 3 aliphatic rings. The van der Waals surface area contributed by atoms with Gasteiger partial charge in [-0.1, -0.05) is 12.8 Å². The number of fused-ring (bicyclic) bond motifs is 1. The number of morpholine rings is 1. The van der Waals surface area contributed by atoms with Crippen LogP contribution in [0.25, 0.3) is 0 Å². The molecule has 1 amide bonds. The molecule has 1 aliphatic carbocycles. The van der Waals surface area contributed by atoms with Crippen molar-refractivity contribution in [1.29, 1.82) is 0 Å². The van der Waals surface area contributed by atoms with E-state index in [2.05, 4.69) is 27.3 Å². The van der Waals surface area contributed by atoms with Gasteiger partial charge in [-0.2, -0.15) is 0 Å². The average molecular weight is 347 g/mol. The van der Waals surface area contributed by atoms with E-state index in [-0.39, 0.29) is 23.4 Å². The summed E-state index contributed by atoms with van der Waals surface area (Å²) in [6.45, 7) is 6.47. The van der Waals surface area contributed by atoms with Crippen LogP contribution in [0.3, 0.4) is 0 Å². The summed E-state index contributed by atoms with van der Waals surface area (Å²) >= 11 is 0. The fourth-order valence-corrected chi connectivity index (χ4v) is 4.96. The maximum atomic E-state index is 12.9. The molecule has 1 aromatic rings. The molecule has 1 aromatic heterocycles. The zero-order chi connectivity index (χ0) is 17.3. The largest absolute Gasteiger partial charge is 0.379 e. The number of rotatable bonds is 4. The molecule has 1 saturated heterocycles. The molecule has 0 aromatic carbocycles. The Morgan fingerprint density at radius 3 is 2.88 bits per heavy atom. The molecule has 4 rings (SSSR count). The topological polar surface area (TPSA) is 72.3 Å². The number of aromatic nitrogens is 3. The van der Waals surface area contributed by atoms with Crippen molar-refractivity contribution in [2.45, 2.75) is 63.6 Å². The van der Waals surface area contributed by atoms with Gasteiger partial charge in [0.1, 0.15) is 12.2 Å². The highest BCUT2D eigenvalue weighted by molar-refractivity contribution is 5.79. The summed E-state index contributed by atoms with van der Waals surface area (Å²) in [5, 5.41) is 11.4. The summed E-state index contributed by atoms with van der Waals surface area (Å²) < 4.78 is 7.56. The molecular formula is C18H29N5O2. The molecular weight excluding hydrogens is 318 g/mol. The lowest BCUT2D eigenvalue weighted by Crippen LogP contribution is -2.62. The van der Waals surface area contributed by atoms with Crippen molar-refractivity contribution < 1.29 is 9.53 Å². The lowest BCUT2D eigenvalue weighted by Gasteiger charge is -2.47. The number of carbonyl (C=O) groups is 1. The third-order valence-corrected chi connectivity index (χ3v) is 6.48. The van der Waals surface area contributed by atoms with Crippen LogP contribution in [0.4, 0.5) is 0 Å². The van der Waals surface area contributed by atoms with Crippen LogP contribution in [0.15, 0.2) is 6.33 Å². The monoisotopic (exact) mass is 347 g/mol. The molecule has 7 nitrogen and oxygen atoms in total. The van der Waals surface area contributed by atoms with Crippen molar-refractivity contribution in [1.82, 2.24) is 25.0 Å². The zero-order valence-corrected chi connectivity index (χ0v) is 15.1. The molecule has 0 spiro atoms. The van der Waals surface area contributed by atoms with Crippen molar-refractivity contribution in [2.24, 2.45) is 5.92 Å². The number of aryl methyl sites for hydroxylation is 1. The number of amides is 1. The van der Waals surface area contributed by atoms with Crippen LogP contribution < -0.4 is 5.32 Å². The maximum Gasteiger partial charge on any atom is 0.225 e. The second-order valence-electron chi connectivity index (χ2n) is 7.78. The van der Waals surface area contributed by atoms with Crippen LogP contribution in [0.5, 0.6) is 0 Å². The van der Waals surface area contributed by atoms with Gasteiger partial charge in [0, 0.05) is 37.6 Å². The smallest absolute Gasteiger partial charge is 0.225 e. The number of carbonyl (C=O) groups excluding carboxylic acids is 1. The average Bonchev–Trinajstić information content (AvgIpc) is 3.31. The molecule has 7 heteroatoms. The van der Waals surface area contributed by atoms with Gasteiger partial charge in [-0.05, 0) is 26.2 Å². The van der Waals surface area contributed by atoms with Gasteiger partial charge in [-0.25, -0.2) is 0 Å². The summed E-state index contributed by atoms with van der Waals surface area (Å²) in [4.78, 5) is 15.5. The minimum absolute atomic E-state index is 0.0223. The van der Waals surface area contributed by atoms with Gasteiger partial charge in [-0.15, -0.1) is 10.2 Å². The van der Waals surface area contributed by atoms with E-state index in [0.717, 1.165) is 45.0 Å². The predicted molar refractivity (Wildman–Crippen MR) is 93.0 cm³/mol. The Morgan fingerprint density at radius 2 is 2.12 bits per heavy atom. The lowest BCUT2D eigenvalue weighted by molar-refractivity contribution is -0.128. The van der Waals surface area contributed by atoms with Gasteiger partial charge < -0.3 is 14.6 Å². The van der Waals surface area contributed by atoms with Crippen molar-refractivity contribution in [2.75, 3.05) is 26.3 Å². The van der Waals surface area contributed by atoms with Crippen LogP contribution in [-0.2, 0) is 22.5 Å². The molecule has 1 saturated carbocycles. The highest BCUT2D eigenvalue weighted by Crippen LogP contribution is 2.38. The Balaban J connectivity index is 1.42. The normalized spacial score (nSPS) is 27.6. The first-order valence-corrected chi connectivity index (χ1v) is 9.69. The van der Waals surface area contributed by atoms with Gasteiger partial charge in [0.15, 0.2) is 0 Å². The summed E-state index contributed by atoms with van der Waals surface area (Å²) in [5.74, 6) is 1.21. The van der Waals surface area contributed by atoms with E-state index >= 15 is 0 Å². The summed E-state index contributed by atoms with van der Waals surface area (Å²) in [5.41, 5.74) is 0.107. The van der Waals surface area contributed by atoms with Crippen LogP contribution in [0, 0.1) is 5.92 Å². The third-order valence-electron chi connectivity index (χ3n) is 6.48. The Bertz CT molecular complexity index is 604. The molecule has 2 aliphatic heterocycles. The van der Waals surface area contributed by atoms with Crippen molar-refractivity contribution >= 4 is 5.91 Å². The Hall–Kier alpha value is -1.47. The van der Waals surface area contributed by atoms with Crippen LogP contribution in [-0.4, -0.2) is 63.5 Å². The van der Waals surface area contributed by atoms with E-state index < -0.39 is 0 Å². The fraction of sp³-hybridized carbons (Fsp3) is 0.833. The number of ether oxygens (including phenoxy) is 1. The lowest BCUT2D eigenvalue weighted by atomic mass is 9.86. The second kappa shape index (κ2) is 7.03. The standard InChI is InChI=1S/C18H29N5O2/c1-14(18(6-2-3-7-18)23-8-10-25-11-9-23)20-17(24)15-4-5-16-21-19-13-22(16)12-15/h13-15H,2-12H2,1H3,(H,20,24). The number of nitrogens with zero attached hydrogens (tertiary/aromatic N) is 4. The van der Waals surface area contributed by atoms with Crippen LogP contribution in [0.1, 0.15) is 44.9 Å². The predicted octanol–water partition coefficient (Wildman–Crippen LogP) is 0.990. The quantitative estimate of drug-likeness (QED) is 0.879. The van der Waals surface area contributed by atoms with E-state index in [4.69, 9.17) is 4.74 Å². The SMILES string of the molecule is CC(NC(=O)C1CCc2nncn2C1)C1(N2CCOCC2)CCCC1. The molecule has 3 heterocycles. The number of hydrogen-bond acceptors (Lipinski definition) is 5. The fourth-order valence-electron chi connectivity index (χ4n) is 4.96. The molecule has 138 valence electrons. The molecule has 0 bridgehead atoms. The van der Waals surface area contributed by atoms with E-state index in [1.54, 1.807) is 6.33 Å². The third kappa shape index (κ3) is 3.19. The molecule has 2 unspecified atom stereocenters. The Labute approximate surface area is 149 Å². The minimum Gasteiger partial charge on any atom is -0.379 e. The van der Waals surface area contributed by atoms with Gasteiger partial charge in [0.25, 0.3) is 0 Å². The Kier molecular flexibility index (Phi) is 4.78. The highest BCUT2D eigenvalue weighted by Gasteiger charge is 2.45. The van der Waals surface area contributed by atoms with Crippen molar-refractivity contribution in [3.05, 3.63) is 12.2 Å². The maximum absolute atomic E-state index is 12.9. The van der Waals surface area contributed by atoms with E-state index in [9.17, 15) is 4.79 Å². The van der Waals surface area contributed by atoms with Crippen LogP contribution in [0.2, 0.25) is 0 Å². The summed E-state index contributed by atoms with van der Waals surface area (Å²) in [6, 6.07) is 0.169. The molecule has 25 heavy (non-hydrogen) atoms. The number of hydrogen-bond donors (Lipinski definition) is 1. The van der Waals surface area contributed by atoms with Crippen molar-refractivity contribution in [3.8, 4) is 0 Å². The first-order chi connectivity index (χ1) is 12.2. The molecule has 0 radical (unpaired) electrons. The Morgan fingerprint density at radius 1 is 1.36 bits per heavy atom. The van der Waals surface area contributed by atoms with Gasteiger partial charge in [-0.3, -0.25) is 9.69 Å². The zero-order valence-electron chi connectivity index (χ0n) is 15.1.